The minimum atomic E-state index is -0.765. The van der Waals surface area contributed by atoms with Crippen LogP contribution in [-0.2, 0) is 27.4 Å². The van der Waals surface area contributed by atoms with Crippen molar-refractivity contribution in [1.82, 2.24) is 0 Å². The highest BCUT2D eigenvalue weighted by molar-refractivity contribution is 5.41. The van der Waals surface area contributed by atoms with Gasteiger partial charge in [0.2, 0.25) is 0 Å². The third-order valence-corrected chi connectivity index (χ3v) is 4.88. The molecule has 3 aromatic carbocycles. The summed E-state index contributed by atoms with van der Waals surface area (Å²) in [5, 5.41) is 10.1. The van der Waals surface area contributed by atoms with E-state index in [9.17, 15) is 9.50 Å². The maximum absolute atomic E-state index is 13.9. The summed E-state index contributed by atoms with van der Waals surface area (Å²) < 4.78 is 39.4. The largest absolute Gasteiger partial charge is 0.502 e. The van der Waals surface area contributed by atoms with Crippen LogP contribution < -0.4 is 4.74 Å². The van der Waals surface area contributed by atoms with Gasteiger partial charge in [-0.3, -0.25) is 0 Å². The van der Waals surface area contributed by atoms with Crippen LogP contribution in [0, 0.1) is 5.82 Å². The number of hydrogen-bond acceptors (Lipinski definition) is 5. The van der Waals surface area contributed by atoms with Crippen LogP contribution in [0.2, 0.25) is 0 Å². The number of ether oxygens (including phenoxy) is 4. The van der Waals surface area contributed by atoms with E-state index in [1.54, 1.807) is 11.0 Å². The highest BCUT2D eigenvalue weighted by Crippen LogP contribution is 2.30. The third-order valence-electron chi connectivity index (χ3n) is 4.88. The average molecular weight is 469 g/mol. The molecule has 0 aliphatic heterocycles. The highest BCUT2D eigenvalue weighted by Gasteiger charge is 2.28. The Balaban J connectivity index is 1.74. The first kappa shape index (κ1) is 25.2. The predicted octanol–water partition coefficient (Wildman–Crippen LogP) is 4.40. The number of aromatic hydroxyl groups is 1. The molecule has 0 unspecified atom stereocenters. The van der Waals surface area contributed by atoms with Crippen LogP contribution in [0.3, 0.4) is 0 Å². The van der Waals surface area contributed by atoms with Gasteiger partial charge in [0, 0.05) is 0 Å². The summed E-state index contributed by atoms with van der Waals surface area (Å²) in [5.41, 5.74) is 2.03. The monoisotopic (exact) mass is 468 g/mol. The van der Waals surface area contributed by atoms with Gasteiger partial charge in [0.25, 0.3) is 0 Å². The molecular formula is C27H31FNO5+. The van der Waals surface area contributed by atoms with E-state index in [1.807, 2.05) is 74.8 Å². The second-order valence-corrected chi connectivity index (χ2v) is 7.99. The summed E-state index contributed by atoms with van der Waals surface area (Å²) in [6.45, 7) is 1.08. The Morgan fingerprint density at radius 3 is 1.91 bits per heavy atom. The topological polar surface area (TPSA) is 60.2 Å². The second-order valence-electron chi connectivity index (χ2n) is 7.99. The molecular weight excluding hydrogens is 437 g/mol. The lowest BCUT2D eigenvalue weighted by atomic mass is 10.2. The van der Waals surface area contributed by atoms with E-state index < -0.39 is 23.8 Å². The summed E-state index contributed by atoms with van der Waals surface area (Å²) in [6, 6.07) is 23.7. The Hall–Kier alpha value is -3.42. The molecule has 0 saturated carbocycles. The molecule has 3 aromatic rings. The quantitative estimate of drug-likeness (QED) is 0.229. The van der Waals surface area contributed by atoms with Gasteiger partial charge < -0.3 is 24.1 Å². The first-order valence-electron chi connectivity index (χ1n) is 11.1. The lowest BCUT2D eigenvalue weighted by Gasteiger charge is -2.27. The van der Waals surface area contributed by atoms with Gasteiger partial charge in [0.05, 0.1) is 26.4 Å². The van der Waals surface area contributed by atoms with Crippen LogP contribution >= 0.6 is 0 Å². The zero-order chi connectivity index (χ0) is 24.2. The lowest BCUT2D eigenvalue weighted by Crippen LogP contribution is -2.41. The zero-order valence-electron chi connectivity index (χ0n) is 19.5. The van der Waals surface area contributed by atoms with Crippen molar-refractivity contribution in [2.45, 2.75) is 25.4 Å². The summed E-state index contributed by atoms with van der Waals surface area (Å²) in [7, 11) is 3.67. The Labute approximate surface area is 199 Å². The van der Waals surface area contributed by atoms with Crippen molar-refractivity contribution in [1.29, 1.82) is 0 Å². The van der Waals surface area contributed by atoms with E-state index in [1.165, 1.54) is 18.2 Å². The fourth-order valence-corrected chi connectivity index (χ4v) is 3.14. The molecule has 0 aliphatic carbocycles. The smallest absolute Gasteiger partial charge is 0.323 e. The molecule has 0 saturated heterocycles. The molecule has 34 heavy (non-hydrogen) atoms. The molecule has 0 spiro atoms. The van der Waals surface area contributed by atoms with Gasteiger partial charge in [0.1, 0.15) is 14.1 Å². The summed E-state index contributed by atoms with van der Waals surface area (Å²) in [4.78, 5) is 0. The van der Waals surface area contributed by atoms with E-state index in [4.69, 9.17) is 18.9 Å². The number of phenols is 1. The number of benzene rings is 3. The average Bonchev–Trinajstić information content (AvgIpc) is 2.84. The molecule has 0 bridgehead atoms. The second kappa shape index (κ2) is 13.3. The summed E-state index contributed by atoms with van der Waals surface area (Å²) >= 11 is 0. The first-order valence-corrected chi connectivity index (χ1v) is 11.1. The molecule has 0 aliphatic rings. The molecule has 0 fully saturated rings. The fourth-order valence-electron chi connectivity index (χ4n) is 3.14. The summed E-state index contributed by atoms with van der Waals surface area (Å²) in [5.74, 6) is -1.31. The van der Waals surface area contributed by atoms with E-state index in [2.05, 4.69) is 0 Å². The SMILES string of the molecule is C[N+](C)=CO[C@@H](COCc1ccccc1)[C@@H](COCc1ccccc1)Oc1cccc(F)c1O. The van der Waals surface area contributed by atoms with E-state index in [-0.39, 0.29) is 19.0 Å². The van der Waals surface area contributed by atoms with Gasteiger partial charge in [-0.15, -0.1) is 0 Å². The van der Waals surface area contributed by atoms with Gasteiger partial charge in [-0.05, 0) is 23.3 Å². The number of halogens is 1. The molecule has 0 amide bonds. The van der Waals surface area contributed by atoms with Gasteiger partial charge in [-0.25, -0.2) is 8.97 Å². The van der Waals surface area contributed by atoms with Crippen molar-refractivity contribution in [3.8, 4) is 11.5 Å². The number of para-hydroxylation sites is 1. The Morgan fingerprint density at radius 1 is 0.794 bits per heavy atom. The lowest BCUT2D eigenvalue weighted by molar-refractivity contribution is -0.469. The van der Waals surface area contributed by atoms with Gasteiger partial charge in [0.15, 0.2) is 29.5 Å². The number of hydrogen-bond donors (Lipinski definition) is 1. The standard InChI is InChI=1S/C27H30FNO5/c1-29(2)20-33-25(18-31-16-21-10-5-3-6-11-21)26(19-32-17-22-12-7-4-8-13-22)34-24-15-9-14-23(28)27(24)30/h3-15,20,25-26H,16-19H2,1-2H3/p+1/t25-,26+/m0/s1. The minimum Gasteiger partial charge on any atom is -0.502 e. The van der Waals surface area contributed by atoms with Crippen molar-refractivity contribution < 1.29 is 33.0 Å². The Kier molecular flexibility index (Phi) is 9.88. The van der Waals surface area contributed by atoms with E-state index in [0.29, 0.717) is 13.2 Å². The van der Waals surface area contributed by atoms with Crippen LogP contribution in [0.1, 0.15) is 11.1 Å². The Bertz CT molecular complexity index is 1030. The van der Waals surface area contributed by atoms with Gasteiger partial charge >= 0.3 is 6.40 Å². The number of nitrogens with zero attached hydrogens (tertiary/aromatic N) is 1. The molecule has 6 nitrogen and oxygen atoms in total. The third kappa shape index (κ3) is 8.17. The molecule has 0 radical (unpaired) electrons. The fraction of sp³-hybridized carbons (Fsp3) is 0.296. The normalized spacial score (nSPS) is 12.6. The van der Waals surface area contributed by atoms with Gasteiger partial charge in [-0.1, -0.05) is 66.7 Å². The molecule has 0 heterocycles. The van der Waals surface area contributed by atoms with Crippen LogP contribution in [0.4, 0.5) is 4.39 Å². The molecule has 1 N–H and O–H groups in total. The molecule has 2 atom stereocenters. The Morgan fingerprint density at radius 2 is 1.35 bits per heavy atom. The van der Waals surface area contributed by atoms with Crippen molar-refractivity contribution >= 4 is 6.40 Å². The van der Waals surface area contributed by atoms with Crippen LogP contribution in [0.5, 0.6) is 11.5 Å². The van der Waals surface area contributed by atoms with E-state index >= 15 is 0 Å². The van der Waals surface area contributed by atoms with Gasteiger partial charge in [-0.2, -0.15) is 0 Å². The first-order chi connectivity index (χ1) is 16.5. The van der Waals surface area contributed by atoms with Crippen LogP contribution in [-0.4, -0.2) is 55.6 Å². The van der Waals surface area contributed by atoms with E-state index in [0.717, 1.165) is 11.1 Å². The minimum absolute atomic E-state index is 0.00910. The molecule has 0 aromatic heterocycles. The zero-order valence-corrected chi connectivity index (χ0v) is 19.5. The van der Waals surface area contributed by atoms with Crippen LogP contribution in [0.25, 0.3) is 0 Å². The van der Waals surface area contributed by atoms with Crippen LogP contribution in [0.15, 0.2) is 78.9 Å². The molecule has 180 valence electrons. The number of phenolic OH excluding ortho intramolecular Hbond substituents is 1. The maximum Gasteiger partial charge on any atom is 0.323 e. The molecule has 3 rings (SSSR count). The van der Waals surface area contributed by atoms with Crippen molar-refractivity contribution in [2.24, 2.45) is 0 Å². The van der Waals surface area contributed by atoms with Crippen molar-refractivity contribution in [3.63, 3.8) is 0 Å². The number of rotatable bonds is 13. The van der Waals surface area contributed by atoms with Crippen molar-refractivity contribution in [2.75, 3.05) is 27.3 Å². The summed E-state index contributed by atoms with van der Waals surface area (Å²) in [6.07, 6.45) is 0.267. The molecule has 7 heteroatoms. The highest BCUT2D eigenvalue weighted by atomic mass is 19.1. The predicted molar refractivity (Wildman–Crippen MR) is 128 cm³/mol. The van der Waals surface area contributed by atoms with Crippen molar-refractivity contribution in [3.05, 3.63) is 95.8 Å². The maximum atomic E-state index is 13.9.